The number of nitrogens with one attached hydrogen (secondary N) is 2. The summed E-state index contributed by atoms with van der Waals surface area (Å²) in [6.45, 7) is 3.62. The summed E-state index contributed by atoms with van der Waals surface area (Å²) >= 11 is 0. The van der Waals surface area contributed by atoms with Crippen LogP contribution in [0.1, 0.15) is 23.7 Å². The second-order valence-corrected chi connectivity index (χ2v) is 7.14. The lowest BCUT2D eigenvalue weighted by atomic mass is 10.2. The molecular formula is C18H22N2O5S. The topological polar surface area (TPSA) is 105 Å². The second kappa shape index (κ2) is 9.21. The molecule has 0 heterocycles. The molecule has 0 unspecified atom stereocenters. The van der Waals surface area contributed by atoms with E-state index in [1.807, 2.05) is 6.92 Å². The Bertz CT molecular complexity index is 838. The highest BCUT2D eigenvalue weighted by Gasteiger charge is 2.19. The Morgan fingerprint density at radius 1 is 1.15 bits per heavy atom. The molecule has 0 amide bonds. The first-order valence-electron chi connectivity index (χ1n) is 8.21. The van der Waals surface area contributed by atoms with E-state index in [2.05, 4.69) is 10.0 Å². The molecule has 140 valence electrons. The van der Waals surface area contributed by atoms with Crippen LogP contribution in [-0.4, -0.2) is 39.3 Å². The first kappa shape index (κ1) is 19.7. The molecule has 0 fully saturated rings. The Morgan fingerprint density at radius 3 is 2.54 bits per heavy atom. The smallest absolute Gasteiger partial charge is 0.337 e. The average molecular weight is 378 g/mol. The molecule has 0 bridgehead atoms. The van der Waals surface area contributed by atoms with Gasteiger partial charge in [-0.15, -0.1) is 0 Å². The van der Waals surface area contributed by atoms with Gasteiger partial charge in [-0.05, 0) is 43.7 Å². The summed E-state index contributed by atoms with van der Waals surface area (Å²) in [6, 6.07) is 12.4. The number of benzene rings is 2. The predicted molar refractivity (Wildman–Crippen MR) is 100 cm³/mol. The van der Waals surface area contributed by atoms with Crippen molar-refractivity contribution in [3.63, 3.8) is 0 Å². The number of anilines is 2. The zero-order valence-electron chi connectivity index (χ0n) is 14.4. The minimum atomic E-state index is -3.88. The lowest BCUT2D eigenvalue weighted by Crippen LogP contribution is -2.15. The maximum absolute atomic E-state index is 12.5. The van der Waals surface area contributed by atoms with Crippen molar-refractivity contribution in [2.75, 3.05) is 29.8 Å². The summed E-state index contributed by atoms with van der Waals surface area (Å²) in [5.74, 6) is -1.20. The van der Waals surface area contributed by atoms with Crippen LogP contribution >= 0.6 is 0 Å². The van der Waals surface area contributed by atoms with E-state index >= 15 is 0 Å². The normalized spacial score (nSPS) is 11.1. The van der Waals surface area contributed by atoms with Crippen LogP contribution in [0.3, 0.4) is 0 Å². The van der Waals surface area contributed by atoms with Gasteiger partial charge in [0.25, 0.3) is 10.0 Å². The van der Waals surface area contributed by atoms with Crippen molar-refractivity contribution < 1.29 is 23.1 Å². The van der Waals surface area contributed by atoms with Crippen molar-refractivity contribution >= 4 is 27.4 Å². The fraction of sp³-hybridized carbons (Fsp3) is 0.278. The monoisotopic (exact) mass is 378 g/mol. The fourth-order valence-corrected chi connectivity index (χ4v) is 3.37. The molecule has 7 nitrogen and oxygen atoms in total. The molecule has 0 saturated heterocycles. The van der Waals surface area contributed by atoms with Gasteiger partial charge in [0.05, 0.1) is 10.5 Å². The summed E-state index contributed by atoms with van der Waals surface area (Å²) in [4.78, 5) is 11.4. The molecule has 8 heteroatoms. The summed E-state index contributed by atoms with van der Waals surface area (Å²) in [7, 11) is -3.88. The lowest BCUT2D eigenvalue weighted by molar-refractivity contribution is 0.0697. The molecule has 0 aliphatic heterocycles. The van der Waals surface area contributed by atoms with E-state index in [9.17, 15) is 18.3 Å². The SMILES string of the molecule is CCOCCCNc1ccc(S(=O)(=O)Nc2ccccc2)cc1C(=O)O. The largest absolute Gasteiger partial charge is 0.478 e. The predicted octanol–water partition coefficient (Wildman–Crippen LogP) is 3.02. The first-order chi connectivity index (χ1) is 12.4. The Hall–Kier alpha value is -2.58. The number of hydrogen-bond donors (Lipinski definition) is 3. The number of sulfonamides is 1. The quantitative estimate of drug-likeness (QED) is 0.549. The number of ether oxygens (including phenoxy) is 1. The summed E-state index contributed by atoms with van der Waals surface area (Å²) in [6.07, 6.45) is 0.711. The molecular weight excluding hydrogens is 356 g/mol. The number of carboxylic acid groups (broad SMARTS) is 1. The number of rotatable bonds is 10. The molecule has 0 aromatic heterocycles. The zero-order valence-corrected chi connectivity index (χ0v) is 15.3. The number of carboxylic acids is 1. The van der Waals surface area contributed by atoms with E-state index in [1.165, 1.54) is 12.1 Å². The molecule has 0 atom stereocenters. The molecule has 2 aromatic carbocycles. The third-order valence-corrected chi connectivity index (χ3v) is 4.92. The first-order valence-corrected chi connectivity index (χ1v) is 9.69. The van der Waals surface area contributed by atoms with Crippen LogP contribution in [0, 0.1) is 0 Å². The van der Waals surface area contributed by atoms with Crippen LogP contribution in [-0.2, 0) is 14.8 Å². The van der Waals surface area contributed by atoms with Crippen molar-refractivity contribution in [1.82, 2.24) is 0 Å². The summed E-state index contributed by atoms with van der Waals surface area (Å²) in [5, 5.41) is 12.4. The van der Waals surface area contributed by atoms with Gasteiger partial charge in [0.2, 0.25) is 0 Å². The summed E-state index contributed by atoms with van der Waals surface area (Å²) in [5.41, 5.74) is 0.674. The highest BCUT2D eigenvalue weighted by molar-refractivity contribution is 7.92. The maximum atomic E-state index is 12.5. The van der Waals surface area contributed by atoms with Crippen LogP contribution in [0.15, 0.2) is 53.4 Å². The Kier molecular flexibility index (Phi) is 6.99. The van der Waals surface area contributed by atoms with Crippen LogP contribution in [0.2, 0.25) is 0 Å². The number of aromatic carboxylic acids is 1. The molecule has 3 N–H and O–H groups in total. The van der Waals surface area contributed by atoms with E-state index in [-0.39, 0.29) is 10.5 Å². The molecule has 0 radical (unpaired) electrons. The number of hydrogen-bond acceptors (Lipinski definition) is 5. The molecule has 26 heavy (non-hydrogen) atoms. The van der Waals surface area contributed by atoms with E-state index in [0.29, 0.717) is 37.6 Å². The third-order valence-electron chi connectivity index (χ3n) is 3.54. The van der Waals surface area contributed by atoms with Crippen molar-refractivity contribution in [3.05, 3.63) is 54.1 Å². The van der Waals surface area contributed by atoms with Gasteiger partial charge in [-0.2, -0.15) is 0 Å². The molecule has 2 aromatic rings. The van der Waals surface area contributed by atoms with Crippen molar-refractivity contribution in [3.8, 4) is 0 Å². The van der Waals surface area contributed by atoms with Gasteiger partial charge < -0.3 is 15.2 Å². The zero-order chi connectivity index (χ0) is 19.0. The van der Waals surface area contributed by atoms with Gasteiger partial charge in [0, 0.05) is 31.1 Å². The second-order valence-electron chi connectivity index (χ2n) is 5.46. The van der Waals surface area contributed by atoms with Crippen molar-refractivity contribution in [1.29, 1.82) is 0 Å². The molecule has 0 spiro atoms. The van der Waals surface area contributed by atoms with Crippen LogP contribution in [0.25, 0.3) is 0 Å². The molecule has 0 saturated carbocycles. The van der Waals surface area contributed by atoms with E-state index in [1.54, 1.807) is 30.3 Å². The van der Waals surface area contributed by atoms with Gasteiger partial charge >= 0.3 is 5.97 Å². The summed E-state index contributed by atoms with van der Waals surface area (Å²) < 4.78 is 32.6. The molecule has 0 aliphatic rings. The van der Waals surface area contributed by atoms with E-state index in [0.717, 1.165) is 6.07 Å². The Morgan fingerprint density at radius 2 is 1.88 bits per heavy atom. The lowest BCUT2D eigenvalue weighted by Gasteiger charge is -2.13. The minimum Gasteiger partial charge on any atom is -0.478 e. The molecule has 2 rings (SSSR count). The highest BCUT2D eigenvalue weighted by Crippen LogP contribution is 2.22. The van der Waals surface area contributed by atoms with Crippen LogP contribution in [0.5, 0.6) is 0 Å². The van der Waals surface area contributed by atoms with Gasteiger partial charge in [0.15, 0.2) is 0 Å². The molecule has 0 aliphatic carbocycles. The van der Waals surface area contributed by atoms with Crippen molar-refractivity contribution in [2.24, 2.45) is 0 Å². The Balaban J connectivity index is 2.17. The standard InChI is InChI=1S/C18H22N2O5S/c1-2-25-12-6-11-19-17-10-9-15(13-16(17)18(21)22)26(23,24)20-14-7-4-3-5-8-14/h3-5,7-10,13,19-20H,2,6,11-12H2,1H3,(H,21,22). The Labute approximate surface area is 153 Å². The highest BCUT2D eigenvalue weighted by atomic mass is 32.2. The average Bonchev–Trinajstić information content (AvgIpc) is 2.62. The number of carbonyl (C=O) groups is 1. The van der Waals surface area contributed by atoms with E-state index < -0.39 is 16.0 Å². The van der Waals surface area contributed by atoms with Gasteiger partial charge in [-0.25, -0.2) is 13.2 Å². The van der Waals surface area contributed by atoms with E-state index in [4.69, 9.17) is 4.74 Å². The third kappa shape index (κ3) is 5.47. The minimum absolute atomic E-state index is 0.0997. The van der Waals surface area contributed by atoms with Crippen LogP contribution < -0.4 is 10.0 Å². The number of para-hydroxylation sites is 1. The van der Waals surface area contributed by atoms with Crippen molar-refractivity contribution in [2.45, 2.75) is 18.2 Å². The van der Waals surface area contributed by atoms with Gasteiger partial charge in [-0.1, -0.05) is 18.2 Å². The van der Waals surface area contributed by atoms with Gasteiger partial charge in [0.1, 0.15) is 0 Å². The maximum Gasteiger partial charge on any atom is 0.337 e. The van der Waals surface area contributed by atoms with Gasteiger partial charge in [-0.3, -0.25) is 4.72 Å². The van der Waals surface area contributed by atoms with Crippen LogP contribution in [0.4, 0.5) is 11.4 Å². The fourth-order valence-electron chi connectivity index (χ4n) is 2.28.